The first kappa shape index (κ1) is 18.5. The van der Waals surface area contributed by atoms with Crippen LogP contribution in [-0.4, -0.2) is 47.7 Å². The average Bonchev–Trinajstić information content (AvgIpc) is 2.74. The van der Waals surface area contributed by atoms with E-state index in [0.29, 0.717) is 5.02 Å². The molecule has 0 bridgehead atoms. The van der Waals surface area contributed by atoms with E-state index in [-0.39, 0.29) is 15.8 Å². The smallest absolute Gasteiger partial charge is 0.370 e. The Balaban J connectivity index is 1.97. The zero-order valence-electron chi connectivity index (χ0n) is 11.6. The van der Waals surface area contributed by atoms with Crippen LogP contribution in [0.3, 0.4) is 0 Å². The molecule has 9 nitrogen and oxygen atoms in total. The highest BCUT2D eigenvalue weighted by Crippen LogP contribution is 2.27. The Morgan fingerprint density at radius 1 is 1.33 bits per heavy atom. The first-order chi connectivity index (χ1) is 11.1. The molecule has 1 aromatic carbocycles. The Bertz CT molecular complexity index is 809. The molecule has 1 aromatic rings. The molecule has 12 heteroatoms. The number of hydroxylamine groups is 2. The molecule has 1 atom stereocenters. The van der Waals surface area contributed by atoms with Crippen LogP contribution in [0, 0.1) is 0 Å². The van der Waals surface area contributed by atoms with Gasteiger partial charge in [0.05, 0.1) is 11.4 Å². The first-order valence-electron chi connectivity index (χ1n) is 6.21. The average molecular weight is 398 g/mol. The summed E-state index contributed by atoms with van der Waals surface area (Å²) in [4.78, 5) is 39.3. The Labute approximate surface area is 145 Å². The standard InChI is InChI=1S/C12H9Cl2NO8S/c13-6-1-2-8(7(14)3-6)22-5-11(17)23-15-10(16)4-9(12(15)18)24(19,20)21/h1-3,9H,4-5H2,(H,19,20,21). The summed E-state index contributed by atoms with van der Waals surface area (Å²) >= 11 is 11.5. The zero-order chi connectivity index (χ0) is 18.1. The summed E-state index contributed by atoms with van der Waals surface area (Å²) in [5.74, 6) is -3.49. The van der Waals surface area contributed by atoms with Gasteiger partial charge < -0.3 is 9.57 Å². The van der Waals surface area contributed by atoms with Gasteiger partial charge in [-0.05, 0) is 18.2 Å². The van der Waals surface area contributed by atoms with Crippen molar-refractivity contribution < 1.29 is 36.9 Å². The highest BCUT2D eigenvalue weighted by Gasteiger charge is 2.48. The molecular weight excluding hydrogens is 389 g/mol. The molecule has 1 aliphatic rings. The monoisotopic (exact) mass is 397 g/mol. The summed E-state index contributed by atoms with van der Waals surface area (Å²) in [6.45, 7) is -0.713. The molecule has 0 aromatic heterocycles. The largest absolute Gasteiger partial charge is 0.480 e. The van der Waals surface area contributed by atoms with Crippen molar-refractivity contribution in [2.75, 3.05) is 6.61 Å². The van der Waals surface area contributed by atoms with Crippen LogP contribution in [0.25, 0.3) is 0 Å². The molecule has 1 N–H and O–H groups in total. The number of hydrogen-bond acceptors (Lipinski definition) is 7. The lowest BCUT2D eigenvalue weighted by molar-refractivity contribution is -0.198. The summed E-state index contributed by atoms with van der Waals surface area (Å²) in [6.07, 6.45) is -0.825. The predicted octanol–water partition coefficient (Wildman–Crippen LogP) is 0.846. The minimum atomic E-state index is -4.78. The molecule has 0 radical (unpaired) electrons. The van der Waals surface area contributed by atoms with Gasteiger partial charge >= 0.3 is 5.97 Å². The first-order valence-corrected chi connectivity index (χ1v) is 8.47. The van der Waals surface area contributed by atoms with E-state index >= 15 is 0 Å². The van der Waals surface area contributed by atoms with Crippen molar-refractivity contribution in [1.29, 1.82) is 0 Å². The van der Waals surface area contributed by atoms with Gasteiger partial charge in [-0.2, -0.15) is 8.42 Å². The molecule has 2 amide bonds. The van der Waals surface area contributed by atoms with E-state index in [9.17, 15) is 22.8 Å². The van der Waals surface area contributed by atoms with Crippen molar-refractivity contribution in [3.8, 4) is 5.75 Å². The van der Waals surface area contributed by atoms with Crippen molar-refractivity contribution in [3.05, 3.63) is 28.2 Å². The number of imide groups is 1. The Morgan fingerprint density at radius 3 is 2.54 bits per heavy atom. The second-order valence-corrected chi connectivity index (χ2v) is 7.00. The number of ether oxygens (including phenoxy) is 1. The van der Waals surface area contributed by atoms with Gasteiger partial charge in [-0.1, -0.05) is 23.2 Å². The van der Waals surface area contributed by atoms with Gasteiger partial charge in [-0.3, -0.25) is 14.1 Å². The molecule has 1 fully saturated rings. The van der Waals surface area contributed by atoms with Crippen LogP contribution in [0.5, 0.6) is 5.75 Å². The van der Waals surface area contributed by atoms with Crippen LogP contribution in [0.1, 0.15) is 6.42 Å². The minimum absolute atomic E-state index is 0.0202. The Morgan fingerprint density at radius 2 is 2.00 bits per heavy atom. The van der Waals surface area contributed by atoms with Crippen molar-refractivity contribution in [2.45, 2.75) is 11.7 Å². The van der Waals surface area contributed by atoms with Crippen LogP contribution in [-0.2, 0) is 29.3 Å². The number of amides is 2. The van der Waals surface area contributed by atoms with Gasteiger partial charge in [0.15, 0.2) is 11.9 Å². The third kappa shape index (κ3) is 4.15. The van der Waals surface area contributed by atoms with Gasteiger partial charge in [0.25, 0.3) is 21.9 Å². The maximum absolute atomic E-state index is 11.7. The lowest BCUT2D eigenvalue weighted by Gasteiger charge is -2.14. The number of benzene rings is 1. The Kier molecular flexibility index (Phi) is 5.33. The molecule has 1 saturated heterocycles. The lowest BCUT2D eigenvalue weighted by Crippen LogP contribution is -2.37. The van der Waals surface area contributed by atoms with E-state index in [1.807, 2.05) is 0 Å². The number of nitrogens with zero attached hydrogens (tertiary/aromatic N) is 1. The maximum atomic E-state index is 11.7. The quantitative estimate of drug-likeness (QED) is 0.571. The minimum Gasteiger partial charge on any atom is -0.480 e. The summed E-state index contributed by atoms with van der Waals surface area (Å²) in [5.41, 5.74) is 0. The van der Waals surface area contributed by atoms with E-state index in [4.69, 9.17) is 32.5 Å². The van der Waals surface area contributed by atoms with E-state index in [2.05, 4.69) is 4.84 Å². The van der Waals surface area contributed by atoms with Gasteiger partial charge in [0.2, 0.25) is 0 Å². The second kappa shape index (κ2) is 6.93. The highest BCUT2D eigenvalue weighted by atomic mass is 35.5. The number of halogens is 2. The molecule has 24 heavy (non-hydrogen) atoms. The molecule has 0 aliphatic carbocycles. The fraction of sp³-hybridized carbons (Fsp3) is 0.250. The van der Waals surface area contributed by atoms with Crippen LogP contribution in [0.2, 0.25) is 10.0 Å². The third-order valence-corrected chi connectivity index (χ3v) is 4.47. The number of hydrogen-bond donors (Lipinski definition) is 1. The van der Waals surface area contributed by atoms with Crippen molar-refractivity contribution >= 4 is 51.1 Å². The second-order valence-electron chi connectivity index (χ2n) is 4.56. The number of rotatable bonds is 5. The van der Waals surface area contributed by atoms with Gasteiger partial charge in [-0.15, -0.1) is 5.06 Å². The van der Waals surface area contributed by atoms with Gasteiger partial charge in [0, 0.05) is 5.02 Å². The number of carbonyl (C=O) groups is 3. The van der Waals surface area contributed by atoms with Crippen LogP contribution in [0.4, 0.5) is 0 Å². The molecule has 2 rings (SSSR count). The van der Waals surface area contributed by atoms with E-state index in [1.165, 1.54) is 18.2 Å². The Hall–Kier alpha value is -1.88. The number of carbonyl (C=O) groups excluding carboxylic acids is 3. The molecule has 0 saturated carbocycles. The van der Waals surface area contributed by atoms with E-state index in [0.717, 1.165) is 0 Å². The maximum Gasteiger partial charge on any atom is 0.370 e. The van der Waals surface area contributed by atoms with Crippen molar-refractivity contribution in [1.82, 2.24) is 5.06 Å². The summed E-state index contributed by atoms with van der Waals surface area (Å²) in [7, 11) is -4.78. The van der Waals surface area contributed by atoms with Crippen molar-refractivity contribution in [2.24, 2.45) is 0 Å². The molecule has 1 aliphatic heterocycles. The fourth-order valence-electron chi connectivity index (χ4n) is 1.77. The highest BCUT2D eigenvalue weighted by molar-refractivity contribution is 7.87. The summed E-state index contributed by atoms with van der Waals surface area (Å²) in [5, 5.41) is -1.55. The third-order valence-electron chi connectivity index (χ3n) is 2.85. The molecular formula is C12H9Cl2NO8S. The molecule has 0 spiro atoms. The normalized spacial score (nSPS) is 18.0. The topological polar surface area (TPSA) is 127 Å². The summed E-state index contributed by atoms with van der Waals surface area (Å²) in [6, 6.07) is 4.21. The van der Waals surface area contributed by atoms with E-state index < -0.39 is 46.2 Å². The van der Waals surface area contributed by atoms with Crippen LogP contribution in [0.15, 0.2) is 18.2 Å². The fourth-order valence-corrected chi connectivity index (χ4v) is 2.94. The predicted molar refractivity (Wildman–Crippen MR) is 79.9 cm³/mol. The van der Waals surface area contributed by atoms with E-state index in [1.54, 1.807) is 0 Å². The van der Waals surface area contributed by atoms with Gasteiger partial charge in [-0.25, -0.2) is 4.79 Å². The molecule has 1 heterocycles. The van der Waals surface area contributed by atoms with Crippen molar-refractivity contribution in [3.63, 3.8) is 0 Å². The summed E-state index contributed by atoms with van der Waals surface area (Å²) < 4.78 is 35.8. The van der Waals surface area contributed by atoms with Crippen LogP contribution >= 0.6 is 23.2 Å². The lowest BCUT2D eigenvalue weighted by atomic mass is 10.3. The molecule has 1 unspecified atom stereocenters. The zero-order valence-corrected chi connectivity index (χ0v) is 14.0. The van der Waals surface area contributed by atoms with Gasteiger partial charge in [0.1, 0.15) is 5.75 Å². The van der Waals surface area contributed by atoms with Crippen LogP contribution < -0.4 is 4.74 Å². The molecule has 130 valence electrons. The SMILES string of the molecule is O=C(COc1ccc(Cl)cc1Cl)ON1C(=O)CC(S(=O)(=O)O)C1=O.